The maximum absolute atomic E-state index is 14.4. The molecular weight excluding hydrogens is 439 g/mol. The number of nitrogens with zero attached hydrogens (tertiary/aromatic N) is 3. The minimum Gasteiger partial charge on any atom is -0.335 e. The molecule has 4 aromatic rings. The van der Waals surface area contributed by atoms with Gasteiger partial charge in [-0.2, -0.15) is 5.10 Å². The van der Waals surface area contributed by atoms with Gasteiger partial charge >= 0.3 is 0 Å². The summed E-state index contributed by atoms with van der Waals surface area (Å²) in [5.74, 6) is -0.271. The van der Waals surface area contributed by atoms with E-state index < -0.39 is 0 Å². The fourth-order valence-electron chi connectivity index (χ4n) is 4.51. The maximum Gasteiger partial charge on any atom is 0.272 e. The summed E-state index contributed by atoms with van der Waals surface area (Å²) in [6, 6.07) is 19.1. The third-order valence-electron chi connectivity index (χ3n) is 6.22. The number of rotatable bonds is 4. The number of halogens is 2. The molecular formula is C26H26ClFN4O. The van der Waals surface area contributed by atoms with Crippen LogP contribution in [-0.2, 0) is 6.42 Å². The van der Waals surface area contributed by atoms with Crippen molar-refractivity contribution in [3.63, 3.8) is 0 Å². The number of hydrogen-bond acceptors (Lipinski definition) is 3. The topological polar surface area (TPSA) is 49.6 Å². The van der Waals surface area contributed by atoms with Crippen LogP contribution in [0.2, 0.25) is 0 Å². The summed E-state index contributed by atoms with van der Waals surface area (Å²) in [4.78, 5) is 15.7. The minimum absolute atomic E-state index is 0. The predicted octanol–water partition coefficient (Wildman–Crippen LogP) is 4.51. The van der Waals surface area contributed by atoms with Gasteiger partial charge in [-0.05, 0) is 47.4 Å². The van der Waals surface area contributed by atoms with Crippen molar-refractivity contribution in [1.82, 2.24) is 19.8 Å². The fourth-order valence-corrected chi connectivity index (χ4v) is 4.51. The highest BCUT2D eigenvalue weighted by Gasteiger charge is 2.29. The second-order valence-electron chi connectivity index (χ2n) is 8.13. The molecule has 1 fully saturated rings. The maximum atomic E-state index is 14.4. The van der Waals surface area contributed by atoms with E-state index in [2.05, 4.69) is 10.4 Å². The summed E-state index contributed by atoms with van der Waals surface area (Å²) < 4.78 is 16.1. The van der Waals surface area contributed by atoms with Gasteiger partial charge in [-0.1, -0.05) is 42.5 Å². The van der Waals surface area contributed by atoms with Crippen LogP contribution in [0, 0.1) is 12.7 Å². The molecule has 2 aromatic carbocycles. The highest BCUT2D eigenvalue weighted by molar-refractivity contribution is 6.01. The molecule has 5 nitrogen and oxygen atoms in total. The Balaban J connectivity index is 0.00000259. The van der Waals surface area contributed by atoms with Gasteiger partial charge in [-0.3, -0.25) is 4.79 Å². The summed E-state index contributed by atoms with van der Waals surface area (Å²) in [5.41, 5.74) is 5.78. The number of aromatic nitrogens is 2. The van der Waals surface area contributed by atoms with Gasteiger partial charge in [0, 0.05) is 44.4 Å². The molecule has 7 heteroatoms. The van der Waals surface area contributed by atoms with Crippen molar-refractivity contribution >= 4 is 23.8 Å². The summed E-state index contributed by atoms with van der Waals surface area (Å²) in [5, 5.41) is 7.86. The molecule has 0 bridgehead atoms. The Labute approximate surface area is 198 Å². The number of carbonyl (C=O) groups is 1. The van der Waals surface area contributed by atoms with Gasteiger partial charge in [0.15, 0.2) is 0 Å². The number of benzene rings is 2. The minimum atomic E-state index is -0.236. The first kappa shape index (κ1) is 23.0. The lowest BCUT2D eigenvalue weighted by atomic mass is 9.93. The molecule has 0 aliphatic carbocycles. The van der Waals surface area contributed by atoms with Crippen molar-refractivity contribution in [3.8, 4) is 11.1 Å². The number of piperazine rings is 1. The van der Waals surface area contributed by atoms with Crippen molar-refractivity contribution in [2.75, 3.05) is 26.2 Å². The highest BCUT2D eigenvalue weighted by atomic mass is 35.5. The van der Waals surface area contributed by atoms with E-state index in [1.807, 2.05) is 53.4 Å². The van der Waals surface area contributed by atoms with Crippen LogP contribution in [0.3, 0.4) is 0 Å². The third kappa shape index (κ3) is 4.24. The van der Waals surface area contributed by atoms with Gasteiger partial charge in [0.05, 0.1) is 5.52 Å². The predicted molar refractivity (Wildman–Crippen MR) is 131 cm³/mol. The lowest BCUT2D eigenvalue weighted by molar-refractivity contribution is 0.0726. The average Bonchev–Trinajstić information content (AvgIpc) is 3.16. The van der Waals surface area contributed by atoms with E-state index in [1.165, 1.54) is 6.07 Å². The van der Waals surface area contributed by atoms with Crippen molar-refractivity contribution < 1.29 is 9.18 Å². The molecule has 1 aliphatic heterocycles. The third-order valence-corrected chi connectivity index (χ3v) is 6.22. The van der Waals surface area contributed by atoms with Gasteiger partial charge in [0.1, 0.15) is 11.5 Å². The van der Waals surface area contributed by atoms with Gasteiger partial charge in [0.25, 0.3) is 5.91 Å². The average molecular weight is 465 g/mol. The smallest absolute Gasteiger partial charge is 0.272 e. The molecule has 1 saturated heterocycles. The van der Waals surface area contributed by atoms with Crippen LogP contribution < -0.4 is 5.32 Å². The quantitative estimate of drug-likeness (QED) is 0.483. The van der Waals surface area contributed by atoms with Gasteiger partial charge in [-0.15, -0.1) is 12.4 Å². The first-order valence-electron chi connectivity index (χ1n) is 10.9. The molecule has 0 spiro atoms. The zero-order valence-corrected chi connectivity index (χ0v) is 19.2. The first-order chi connectivity index (χ1) is 15.6. The molecule has 2 aromatic heterocycles. The Kier molecular flexibility index (Phi) is 6.77. The first-order valence-corrected chi connectivity index (χ1v) is 10.9. The Bertz CT molecular complexity index is 1280. The highest BCUT2D eigenvalue weighted by Crippen LogP contribution is 2.35. The second kappa shape index (κ2) is 9.73. The molecule has 0 atom stereocenters. The summed E-state index contributed by atoms with van der Waals surface area (Å²) in [7, 11) is 0. The standard InChI is InChI=1S/C26H25FN4O.ClH/c1-18-20(9-5-10-22(18)27)17-21-24(19-7-3-2-4-8-19)23-11-6-12-29-31(23)25(21)26(32)30-15-13-28-14-16-30;/h2-12,28H,13-17H2,1H3;1H. The number of carbonyl (C=O) groups excluding carboxylic acids is 1. The summed E-state index contributed by atoms with van der Waals surface area (Å²) in [6.07, 6.45) is 2.15. The van der Waals surface area contributed by atoms with Crippen LogP contribution >= 0.6 is 12.4 Å². The van der Waals surface area contributed by atoms with Crippen LogP contribution in [0.1, 0.15) is 27.2 Å². The molecule has 1 amide bonds. The van der Waals surface area contributed by atoms with E-state index in [0.29, 0.717) is 30.8 Å². The normalized spacial score (nSPS) is 13.7. The lowest BCUT2D eigenvalue weighted by Crippen LogP contribution is -2.47. The molecule has 0 unspecified atom stereocenters. The second-order valence-corrected chi connectivity index (χ2v) is 8.13. The lowest BCUT2D eigenvalue weighted by Gasteiger charge is -2.27. The number of amides is 1. The van der Waals surface area contributed by atoms with Crippen LogP contribution in [0.15, 0.2) is 66.9 Å². The van der Waals surface area contributed by atoms with Gasteiger partial charge in [0.2, 0.25) is 0 Å². The van der Waals surface area contributed by atoms with E-state index in [0.717, 1.165) is 40.9 Å². The molecule has 1 N–H and O–H groups in total. The van der Waals surface area contributed by atoms with E-state index in [-0.39, 0.29) is 24.1 Å². The Morgan fingerprint density at radius 1 is 1.03 bits per heavy atom. The number of nitrogens with one attached hydrogen (secondary N) is 1. The molecule has 1 aliphatic rings. The van der Waals surface area contributed by atoms with Crippen LogP contribution in [0.5, 0.6) is 0 Å². The Hall–Kier alpha value is -3.22. The van der Waals surface area contributed by atoms with Crippen molar-refractivity contribution in [3.05, 3.63) is 95.1 Å². The van der Waals surface area contributed by atoms with E-state index in [4.69, 9.17) is 0 Å². The van der Waals surface area contributed by atoms with Crippen LogP contribution in [-0.4, -0.2) is 46.6 Å². The SMILES string of the molecule is Cc1c(F)cccc1Cc1c(-c2ccccc2)c2cccnn2c1C(=O)N1CCNCC1.Cl. The number of fused-ring (bicyclic) bond motifs is 1. The Morgan fingerprint density at radius 2 is 1.79 bits per heavy atom. The van der Waals surface area contributed by atoms with E-state index >= 15 is 0 Å². The molecule has 3 heterocycles. The molecule has 5 rings (SSSR count). The van der Waals surface area contributed by atoms with Crippen LogP contribution in [0.25, 0.3) is 16.6 Å². The Morgan fingerprint density at radius 3 is 2.55 bits per heavy atom. The van der Waals surface area contributed by atoms with Gasteiger partial charge in [-0.25, -0.2) is 8.91 Å². The van der Waals surface area contributed by atoms with Crippen molar-refractivity contribution in [2.45, 2.75) is 13.3 Å². The van der Waals surface area contributed by atoms with Crippen LogP contribution in [0.4, 0.5) is 4.39 Å². The zero-order valence-electron chi connectivity index (χ0n) is 18.4. The largest absolute Gasteiger partial charge is 0.335 e. The van der Waals surface area contributed by atoms with E-state index in [1.54, 1.807) is 23.7 Å². The molecule has 170 valence electrons. The van der Waals surface area contributed by atoms with Crippen molar-refractivity contribution in [2.24, 2.45) is 0 Å². The molecule has 0 saturated carbocycles. The van der Waals surface area contributed by atoms with Gasteiger partial charge < -0.3 is 10.2 Å². The summed E-state index contributed by atoms with van der Waals surface area (Å²) >= 11 is 0. The zero-order chi connectivity index (χ0) is 22.1. The monoisotopic (exact) mass is 464 g/mol. The molecule has 33 heavy (non-hydrogen) atoms. The number of hydrogen-bond donors (Lipinski definition) is 1. The summed E-state index contributed by atoms with van der Waals surface area (Å²) in [6.45, 7) is 4.63. The van der Waals surface area contributed by atoms with E-state index in [9.17, 15) is 9.18 Å². The van der Waals surface area contributed by atoms with Crippen molar-refractivity contribution in [1.29, 1.82) is 0 Å². The fraction of sp³-hybridized carbons (Fsp3) is 0.231. The molecule has 0 radical (unpaired) electrons.